The number of aryl methyl sites for hydroxylation is 1. The number of hydrogen-bond acceptors (Lipinski definition) is 3. The molecule has 0 saturated heterocycles. The van der Waals surface area contributed by atoms with Crippen LogP contribution in [0, 0.1) is 5.92 Å². The fourth-order valence-electron chi connectivity index (χ4n) is 3.00. The van der Waals surface area contributed by atoms with Crippen LogP contribution in [0.25, 0.3) is 0 Å². The average molecular weight is 317 g/mol. The van der Waals surface area contributed by atoms with E-state index in [-0.39, 0.29) is 24.3 Å². The molecule has 1 N–H and O–H groups in total. The minimum atomic E-state index is -0.0515. The first kappa shape index (κ1) is 17.5. The standard InChI is InChI=1S/C19H27NO3/c1-14-5-3-4-6-18(14)20-19(22)13-23-17-11-9-16(10-12-17)8-7-15(2)21/h9-12,14,18H,3-8,13H2,1-2H3,(H,20,22)/t14-,18-/m0/s1. The van der Waals surface area contributed by atoms with Crippen LogP contribution in [0.3, 0.4) is 0 Å². The highest BCUT2D eigenvalue weighted by molar-refractivity contribution is 5.78. The summed E-state index contributed by atoms with van der Waals surface area (Å²) in [6.45, 7) is 3.85. The molecule has 1 aromatic carbocycles. The summed E-state index contributed by atoms with van der Waals surface area (Å²) in [5.41, 5.74) is 1.10. The quantitative estimate of drug-likeness (QED) is 0.839. The molecule has 2 rings (SSSR count). The van der Waals surface area contributed by atoms with E-state index in [0.29, 0.717) is 18.1 Å². The first-order valence-corrected chi connectivity index (χ1v) is 8.55. The summed E-state index contributed by atoms with van der Waals surface area (Å²) in [7, 11) is 0. The number of Topliss-reactive ketones (excluding diaryl/α,β-unsaturated/α-hetero) is 1. The van der Waals surface area contributed by atoms with Crippen LogP contribution in [0.5, 0.6) is 5.75 Å². The zero-order chi connectivity index (χ0) is 16.7. The second-order valence-electron chi connectivity index (χ2n) is 6.57. The van der Waals surface area contributed by atoms with Crippen LogP contribution in [0.1, 0.15) is 51.5 Å². The molecule has 0 aromatic heterocycles. The van der Waals surface area contributed by atoms with Crippen LogP contribution in [-0.4, -0.2) is 24.3 Å². The minimum Gasteiger partial charge on any atom is -0.484 e. The van der Waals surface area contributed by atoms with Gasteiger partial charge in [0.1, 0.15) is 11.5 Å². The molecule has 0 aliphatic heterocycles. The fraction of sp³-hybridized carbons (Fsp3) is 0.579. The summed E-state index contributed by atoms with van der Waals surface area (Å²) in [6.07, 6.45) is 6.01. The smallest absolute Gasteiger partial charge is 0.258 e. The third-order valence-corrected chi connectivity index (χ3v) is 4.52. The molecule has 4 heteroatoms. The Kier molecular flexibility index (Phi) is 6.63. The summed E-state index contributed by atoms with van der Waals surface area (Å²) in [4.78, 5) is 23.0. The van der Waals surface area contributed by atoms with Crippen molar-refractivity contribution in [2.24, 2.45) is 5.92 Å². The lowest BCUT2D eigenvalue weighted by atomic mass is 9.86. The zero-order valence-electron chi connectivity index (χ0n) is 14.1. The van der Waals surface area contributed by atoms with Gasteiger partial charge in [-0.15, -0.1) is 0 Å². The summed E-state index contributed by atoms with van der Waals surface area (Å²) in [5.74, 6) is 1.38. The predicted octanol–water partition coefficient (Wildman–Crippen LogP) is 3.28. The van der Waals surface area contributed by atoms with Crippen molar-refractivity contribution in [2.75, 3.05) is 6.61 Å². The molecule has 0 bridgehead atoms. The normalized spacial score (nSPS) is 20.8. The van der Waals surface area contributed by atoms with Gasteiger partial charge < -0.3 is 14.8 Å². The molecule has 0 unspecified atom stereocenters. The number of nitrogens with one attached hydrogen (secondary N) is 1. The molecule has 4 nitrogen and oxygen atoms in total. The van der Waals surface area contributed by atoms with Gasteiger partial charge >= 0.3 is 0 Å². The summed E-state index contributed by atoms with van der Waals surface area (Å²) >= 11 is 0. The Morgan fingerprint density at radius 2 is 1.87 bits per heavy atom. The average Bonchev–Trinajstić information content (AvgIpc) is 2.54. The zero-order valence-corrected chi connectivity index (χ0v) is 14.1. The second kappa shape index (κ2) is 8.70. The summed E-state index contributed by atoms with van der Waals surface area (Å²) < 4.78 is 5.55. The van der Waals surface area contributed by atoms with Crippen LogP contribution >= 0.6 is 0 Å². The van der Waals surface area contributed by atoms with Gasteiger partial charge in [0.25, 0.3) is 5.91 Å². The molecular formula is C19H27NO3. The molecule has 0 spiro atoms. The molecule has 1 fully saturated rings. The van der Waals surface area contributed by atoms with Crippen molar-refractivity contribution in [3.05, 3.63) is 29.8 Å². The molecule has 126 valence electrons. The number of ether oxygens (including phenoxy) is 1. The van der Waals surface area contributed by atoms with Gasteiger partial charge in [-0.2, -0.15) is 0 Å². The Balaban J connectivity index is 1.74. The highest BCUT2D eigenvalue weighted by atomic mass is 16.5. The number of carbonyl (C=O) groups excluding carboxylic acids is 2. The maximum Gasteiger partial charge on any atom is 0.258 e. The molecule has 1 amide bonds. The van der Waals surface area contributed by atoms with E-state index >= 15 is 0 Å². The Morgan fingerprint density at radius 3 is 2.52 bits per heavy atom. The number of carbonyl (C=O) groups is 2. The molecule has 1 saturated carbocycles. The first-order valence-electron chi connectivity index (χ1n) is 8.55. The molecule has 1 aromatic rings. The molecule has 2 atom stereocenters. The Hall–Kier alpha value is -1.84. The van der Waals surface area contributed by atoms with E-state index in [0.717, 1.165) is 18.4 Å². The van der Waals surface area contributed by atoms with E-state index in [2.05, 4.69) is 12.2 Å². The Labute approximate surface area is 138 Å². The predicted molar refractivity (Wildman–Crippen MR) is 90.5 cm³/mol. The molecule has 23 heavy (non-hydrogen) atoms. The van der Waals surface area contributed by atoms with Crippen molar-refractivity contribution in [2.45, 2.75) is 58.4 Å². The van der Waals surface area contributed by atoms with Crippen LogP contribution in [0.2, 0.25) is 0 Å². The lowest BCUT2D eigenvalue weighted by Gasteiger charge is -2.29. The molecule has 1 aliphatic rings. The number of ketones is 1. The monoisotopic (exact) mass is 317 g/mol. The van der Waals surface area contributed by atoms with E-state index in [1.54, 1.807) is 6.92 Å². The SMILES string of the molecule is CC(=O)CCc1ccc(OCC(=O)N[C@H]2CCCC[C@@H]2C)cc1. The third kappa shape index (κ3) is 6.05. The Bertz CT molecular complexity index is 524. The van der Waals surface area contributed by atoms with Gasteiger partial charge in [-0.1, -0.05) is 31.9 Å². The van der Waals surface area contributed by atoms with E-state index in [9.17, 15) is 9.59 Å². The molecule has 0 heterocycles. The minimum absolute atomic E-state index is 0.0515. The maximum atomic E-state index is 12.0. The maximum absolute atomic E-state index is 12.0. The van der Waals surface area contributed by atoms with Crippen molar-refractivity contribution in [1.82, 2.24) is 5.32 Å². The van der Waals surface area contributed by atoms with Gasteiger partial charge in [0.15, 0.2) is 6.61 Å². The number of amides is 1. The van der Waals surface area contributed by atoms with Gasteiger partial charge in [-0.05, 0) is 49.8 Å². The van der Waals surface area contributed by atoms with E-state index in [1.807, 2.05) is 24.3 Å². The first-order chi connectivity index (χ1) is 11.0. The van der Waals surface area contributed by atoms with Crippen molar-refractivity contribution >= 4 is 11.7 Å². The highest BCUT2D eigenvalue weighted by Crippen LogP contribution is 2.23. The van der Waals surface area contributed by atoms with Crippen LogP contribution in [0.15, 0.2) is 24.3 Å². The summed E-state index contributed by atoms with van der Waals surface area (Å²) in [5, 5.41) is 3.08. The largest absolute Gasteiger partial charge is 0.484 e. The van der Waals surface area contributed by atoms with Crippen molar-refractivity contribution in [3.8, 4) is 5.75 Å². The van der Waals surface area contributed by atoms with E-state index in [1.165, 1.54) is 19.3 Å². The third-order valence-electron chi connectivity index (χ3n) is 4.52. The van der Waals surface area contributed by atoms with Gasteiger partial charge in [-0.25, -0.2) is 0 Å². The van der Waals surface area contributed by atoms with Crippen LogP contribution in [0.4, 0.5) is 0 Å². The number of hydrogen-bond donors (Lipinski definition) is 1. The highest BCUT2D eigenvalue weighted by Gasteiger charge is 2.22. The molecule has 0 radical (unpaired) electrons. The van der Waals surface area contributed by atoms with Crippen molar-refractivity contribution < 1.29 is 14.3 Å². The molecular weight excluding hydrogens is 290 g/mol. The fourth-order valence-corrected chi connectivity index (χ4v) is 3.00. The van der Waals surface area contributed by atoms with Gasteiger partial charge in [-0.3, -0.25) is 4.79 Å². The lowest BCUT2D eigenvalue weighted by Crippen LogP contribution is -2.43. The van der Waals surface area contributed by atoms with Crippen molar-refractivity contribution in [1.29, 1.82) is 0 Å². The number of benzene rings is 1. The van der Waals surface area contributed by atoms with Gasteiger partial charge in [0, 0.05) is 12.5 Å². The van der Waals surface area contributed by atoms with E-state index in [4.69, 9.17) is 4.74 Å². The van der Waals surface area contributed by atoms with E-state index < -0.39 is 0 Å². The van der Waals surface area contributed by atoms with Crippen molar-refractivity contribution in [3.63, 3.8) is 0 Å². The second-order valence-corrected chi connectivity index (χ2v) is 6.57. The number of rotatable bonds is 7. The Morgan fingerprint density at radius 1 is 1.17 bits per heavy atom. The molecule has 1 aliphatic carbocycles. The van der Waals surface area contributed by atoms with Crippen LogP contribution in [-0.2, 0) is 16.0 Å². The topological polar surface area (TPSA) is 55.4 Å². The summed E-state index contributed by atoms with van der Waals surface area (Å²) in [6, 6.07) is 7.88. The van der Waals surface area contributed by atoms with Gasteiger partial charge in [0.2, 0.25) is 0 Å². The lowest BCUT2D eigenvalue weighted by molar-refractivity contribution is -0.124. The van der Waals surface area contributed by atoms with Crippen LogP contribution < -0.4 is 10.1 Å². The van der Waals surface area contributed by atoms with Gasteiger partial charge in [0.05, 0.1) is 0 Å².